The van der Waals surface area contributed by atoms with Crippen molar-refractivity contribution in [3.63, 3.8) is 0 Å². The fraction of sp³-hybridized carbons (Fsp3) is 0.333. The van der Waals surface area contributed by atoms with Gasteiger partial charge in [-0.3, -0.25) is 4.79 Å². The summed E-state index contributed by atoms with van der Waals surface area (Å²) < 4.78 is 20.4. The molecule has 0 spiro atoms. The van der Waals surface area contributed by atoms with Gasteiger partial charge >= 0.3 is 0 Å². The van der Waals surface area contributed by atoms with Gasteiger partial charge in [0.1, 0.15) is 23.0 Å². The van der Waals surface area contributed by atoms with E-state index in [4.69, 9.17) is 4.42 Å². The summed E-state index contributed by atoms with van der Waals surface area (Å²) in [5.41, 5.74) is 1.56. The van der Waals surface area contributed by atoms with Crippen molar-refractivity contribution in [2.75, 3.05) is 6.54 Å². The van der Waals surface area contributed by atoms with Gasteiger partial charge in [0.2, 0.25) is 0 Å². The van der Waals surface area contributed by atoms with Gasteiger partial charge in [-0.2, -0.15) is 5.10 Å². The minimum absolute atomic E-state index is 0.210. The van der Waals surface area contributed by atoms with E-state index in [0.717, 1.165) is 31.4 Å². The molecule has 0 radical (unpaired) electrons. The minimum Gasteiger partial charge on any atom is -0.460 e. The molecule has 0 aliphatic rings. The molecule has 5 nitrogen and oxygen atoms in total. The molecule has 0 saturated heterocycles. The van der Waals surface area contributed by atoms with Gasteiger partial charge in [0.15, 0.2) is 5.76 Å². The number of rotatable bonds is 8. The van der Waals surface area contributed by atoms with Gasteiger partial charge < -0.3 is 9.73 Å². The van der Waals surface area contributed by atoms with E-state index in [1.54, 1.807) is 18.2 Å². The lowest BCUT2D eigenvalue weighted by atomic mass is 10.2. The number of unbranched alkanes of at least 4 members (excludes halogenated alkanes) is 3. The van der Waals surface area contributed by atoms with Gasteiger partial charge in [0.05, 0.1) is 5.69 Å². The lowest BCUT2D eigenvalue weighted by molar-refractivity contribution is 0.0945. The lowest BCUT2D eigenvalue weighted by Gasteiger charge is -2.08. The molecule has 2 heterocycles. The molecule has 0 saturated carbocycles. The Morgan fingerprint density at radius 1 is 1.15 bits per heavy atom. The van der Waals surface area contributed by atoms with Crippen molar-refractivity contribution in [3.8, 4) is 17.1 Å². The van der Waals surface area contributed by atoms with Gasteiger partial charge in [-0.25, -0.2) is 9.07 Å². The molecule has 1 N–H and O–H groups in total. The predicted octanol–water partition coefficient (Wildman–Crippen LogP) is 4.89. The number of nitrogens with one attached hydrogen (secondary N) is 1. The summed E-state index contributed by atoms with van der Waals surface area (Å²) in [4.78, 5) is 12.7. The van der Waals surface area contributed by atoms with E-state index in [0.29, 0.717) is 29.4 Å². The molecule has 0 bridgehead atoms. The fourth-order valence-corrected chi connectivity index (χ4v) is 2.86. The van der Waals surface area contributed by atoms with Gasteiger partial charge in [-0.1, -0.05) is 26.2 Å². The monoisotopic (exact) mass is 369 g/mol. The van der Waals surface area contributed by atoms with Crippen LogP contribution in [0, 0.1) is 12.7 Å². The molecule has 3 aromatic rings. The zero-order valence-corrected chi connectivity index (χ0v) is 15.7. The molecule has 142 valence electrons. The highest BCUT2D eigenvalue weighted by atomic mass is 19.1. The fourth-order valence-electron chi connectivity index (χ4n) is 2.86. The van der Waals surface area contributed by atoms with Crippen LogP contribution in [-0.2, 0) is 0 Å². The summed E-state index contributed by atoms with van der Waals surface area (Å²) in [6, 6.07) is 11.2. The second kappa shape index (κ2) is 8.66. The van der Waals surface area contributed by atoms with Crippen molar-refractivity contribution in [2.45, 2.75) is 39.5 Å². The van der Waals surface area contributed by atoms with Crippen LogP contribution in [0.5, 0.6) is 0 Å². The Kier molecular flexibility index (Phi) is 6.06. The van der Waals surface area contributed by atoms with Crippen LogP contribution in [0.2, 0.25) is 0 Å². The van der Waals surface area contributed by atoms with Crippen LogP contribution in [0.1, 0.15) is 48.9 Å². The number of amides is 1. The SMILES string of the molecule is CCCCCCNC(=O)c1cc(-c2ccc(C)o2)nn1-c1ccc(F)cc1. The largest absolute Gasteiger partial charge is 0.460 e. The number of nitrogens with zero attached hydrogens (tertiary/aromatic N) is 2. The molecule has 1 amide bonds. The lowest BCUT2D eigenvalue weighted by Crippen LogP contribution is -2.26. The minimum atomic E-state index is -0.338. The van der Waals surface area contributed by atoms with Crippen LogP contribution in [0.3, 0.4) is 0 Å². The highest BCUT2D eigenvalue weighted by Gasteiger charge is 2.19. The quantitative estimate of drug-likeness (QED) is 0.575. The molecule has 0 aliphatic heterocycles. The molecular formula is C21H24FN3O2. The average Bonchev–Trinajstić information content (AvgIpc) is 3.28. The first kappa shape index (κ1) is 18.9. The van der Waals surface area contributed by atoms with E-state index in [-0.39, 0.29) is 11.7 Å². The number of benzene rings is 1. The molecule has 3 rings (SSSR count). The molecule has 0 atom stereocenters. The van der Waals surface area contributed by atoms with E-state index in [9.17, 15) is 9.18 Å². The third kappa shape index (κ3) is 4.64. The molecule has 0 unspecified atom stereocenters. The van der Waals surface area contributed by atoms with Crippen molar-refractivity contribution in [3.05, 3.63) is 59.7 Å². The van der Waals surface area contributed by atoms with Gasteiger partial charge in [0, 0.05) is 12.6 Å². The predicted molar refractivity (Wildman–Crippen MR) is 102 cm³/mol. The Hall–Kier alpha value is -2.89. The van der Waals surface area contributed by atoms with Crippen molar-refractivity contribution in [2.24, 2.45) is 0 Å². The Morgan fingerprint density at radius 3 is 2.59 bits per heavy atom. The smallest absolute Gasteiger partial charge is 0.270 e. The highest BCUT2D eigenvalue weighted by molar-refractivity contribution is 5.94. The van der Waals surface area contributed by atoms with Crippen LogP contribution < -0.4 is 5.32 Å². The van der Waals surface area contributed by atoms with Gasteiger partial charge in [-0.15, -0.1) is 0 Å². The maximum atomic E-state index is 13.3. The van der Waals surface area contributed by atoms with E-state index < -0.39 is 0 Å². The summed E-state index contributed by atoms with van der Waals surface area (Å²) in [5, 5.41) is 7.46. The van der Waals surface area contributed by atoms with Crippen LogP contribution in [-0.4, -0.2) is 22.2 Å². The zero-order chi connectivity index (χ0) is 19.2. The third-order valence-electron chi connectivity index (χ3n) is 4.32. The van der Waals surface area contributed by atoms with E-state index >= 15 is 0 Å². The standard InChI is InChI=1S/C21H24FN3O2/c1-3-4-5-6-13-23-21(26)19-14-18(20-12-7-15(2)27-20)24-25(19)17-10-8-16(22)9-11-17/h7-12,14H,3-6,13H2,1-2H3,(H,23,26). The number of aryl methyl sites for hydroxylation is 1. The third-order valence-corrected chi connectivity index (χ3v) is 4.32. The molecular weight excluding hydrogens is 345 g/mol. The number of carbonyl (C=O) groups excluding carboxylic acids is 1. The van der Waals surface area contributed by atoms with Crippen molar-refractivity contribution in [1.82, 2.24) is 15.1 Å². The second-order valence-electron chi connectivity index (χ2n) is 6.53. The van der Waals surface area contributed by atoms with E-state index in [1.165, 1.54) is 16.8 Å². The zero-order valence-electron chi connectivity index (χ0n) is 15.7. The maximum absolute atomic E-state index is 13.3. The number of hydrogen-bond acceptors (Lipinski definition) is 3. The van der Waals surface area contributed by atoms with Gasteiger partial charge in [0.25, 0.3) is 5.91 Å². The molecule has 2 aromatic heterocycles. The van der Waals surface area contributed by atoms with Crippen molar-refractivity contribution < 1.29 is 13.6 Å². The number of furan rings is 1. The first-order valence-electron chi connectivity index (χ1n) is 9.29. The Bertz CT molecular complexity index is 897. The first-order valence-corrected chi connectivity index (χ1v) is 9.29. The molecule has 0 aliphatic carbocycles. The summed E-state index contributed by atoms with van der Waals surface area (Å²) in [5.74, 6) is 0.807. The number of hydrogen-bond donors (Lipinski definition) is 1. The topological polar surface area (TPSA) is 60.1 Å². The van der Waals surface area contributed by atoms with E-state index in [1.807, 2.05) is 19.1 Å². The van der Waals surface area contributed by atoms with Gasteiger partial charge in [-0.05, 0) is 49.7 Å². The number of halogens is 1. The first-order chi connectivity index (χ1) is 13.1. The van der Waals surface area contributed by atoms with Crippen molar-refractivity contribution in [1.29, 1.82) is 0 Å². The summed E-state index contributed by atoms with van der Waals surface area (Å²) in [6.45, 7) is 4.62. The maximum Gasteiger partial charge on any atom is 0.270 e. The molecule has 0 fully saturated rings. The molecule has 6 heteroatoms. The Morgan fingerprint density at radius 2 is 1.93 bits per heavy atom. The van der Waals surface area contributed by atoms with Crippen LogP contribution in [0.4, 0.5) is 4.39 Å². The van der Waals surface area contributed by atoms with Crippen LogP contribution >= 0.6 is 0 Å². The summed E-state index contributed by atoms with van der Waals surface area (Å²) >= 11 is 0. The normalized spacial score (nSPS) is 10.9. The summed E-state index contributed by atoms with van der Waals surface area (Å²) in [7, 11) is 0. The van der Waals surface area contributed by atoms with E-state index in [2.05, 4.69) is 17.3 Å². The highest BCUT2D eigenvalue weighted by Crippen LogP contribution is 2.24. The number of aromatic nitrogens is 2. The van der Waals surface area contributed by atoms with Crippen LogP contribution in [0.15, 0.2) is 46.9 Å². The average molecular weight is 369 g/mol. The summed E-state index contributed by atoms with van der Waals surface area (Å²) in [6.07, 6.45) is 4.34. The Labute approximate surface area is 158 Å². The van der Waals surface area contributed by atoms with Crippen LogP contribution in [0.25, 0.3) is 17.1 Å². The Balaban J connectivity index is 1.87. The van der Waals surface area contributed by atoms with Crippen molar-refractivity contribution >= 4 is 5.91 Å². The molecule has 27 heavy (non-hydrogen) atoms. The second-order valence-corrected chi connectivity index (χ2v) is 6.53. The number of carbonyl (C=O) groups is 1. The molecule has 1 aromatic carbocycles.